The highest BCUT2D eigenvalue weighted by Crippen LogP contribution is 2.32. The number of hydrogen-bond acceptors (Lipinski definition) is 6. The van der Waals surface area contributed by atoms with Gasteiger partial charge in [0.1, 0.15) is 23.3 Å². The molecule has 1 aliphatic heterocycles. The van der Waals surface area contributed by atoms with E-state index in [1.165, 1.54) is 18.3 Å². The lowest BCUT2D eigenvalue weighted by molar-refractivity contribution is 0.289. The molecule has 0 N–H and O–H groups in total. The highest BCUT2D eigenvalue weighted by molar-refractivity contribution is 6.29. The number of hydrogen-bond donors (Lipinski definition) is 0. The van der Waals surface area contributed by atoms with E-state index in [-0.39, 0.29) is 34.5 Å². The van der Waals surface area contributed by atoms with Gasteiger partial charge in [0.05, 0.1) is 12.1 Å². The zero-order valence-corrected chi connectivity index (χ0v) is 17.8. The number of benzene rings is 1. The van der Waals surface area contributed by atoms with Crippen molar-refractivity contribution in [1.82, 2.24) is 14.5 Å². The van der Waals surface area contributed by atoms with Gasteiger partial charge in [-0.25, -0.2) is 18.6 Å². The molecule has 7 nitrogen and oxygen atoms in total. The lowest BCUT2D eigenvalue weighted by Crippen LogP contribution is -2.38. The van der Waals surface area contributed by atoms with E-state index in [9.17, 15) is 13.6 Å². The standard InChI is InChI=1S/C21H19ClF2N4O3/c1-21(2)11-28-18(27(21)3)9-17(26-20(28)29)30-10-12-6-14(23)19(15(24)7-12)31-13-4-5-25-16(22)8-13/h4-9H,10-11H2,1-3H3. The third kappa shape index (κ3) is 4.18. The molecule has 0 saturated carbocycles. The fourth-order valence-corrected chi connectivity index (χ4v) is 3.46. The molecule has 162 valence electrons. The van der Waals surface area contributed by atoms with Crippen LogP contribution in [-0.2, 0) is 13.2 Å². The Morgan fingerprint density at radius 1 is 1.19 bits per heavy atom. The first-order valence-electron chi connectivity index (χ1n) is 9.40. The molecule has 4 rings (SSSR count). The lowest BCUT2D eigenvalue weighted by Gasteiger charge is -2.28. The van der Waals surface area contributed by atoms with Crippen molar-refractivity contribution >= 4 is 17.4 Å². The Morgan fingerprint density at radius 2 is 1.90 bits per heavy atom. The van der Waals surface area contributed by atoms with Crippen LogP contribution in [0, 0.1) is 11.6 Å². The van der Waals surface area contributed by atoms with Crippen molar-refractivity contribution in [2.75, 3.05) is 11.9 Å². The minimum Gasteiger partial charge on any atom is -0.473 e. The molecule has 3 aromatic rings. The molecule has 0 fully saturated rings. The van der Waals surface area contributed by atoms with Crippen molar-refractivity contribution in [3.8, 4) is 17.4 Å². The van der Waals surface area contributed by atoms with Crippen LogP contribution in [0.25, 0.3) is 0 Å². The maximum absolute atomic E-state index is 14.5. The normalized spacial score (nSPS) is 14.5. The minimum atomic E-state index is -0.907. The second-order valence-electron chi connectivity index (χ2n) is 7.79. The van der Waals surface area contributed by atoms with E-state index in [4.69, 9.17) is 21.1 Å². The van der Waals surface area contributed by atoms with Crippen LogP contribution >= 0.6 is 11.6 Å². The smallest absolute Gasteiger partial charge is 0.352 e. The summed E-state index contributed by atoms with van der Waals surface area (Å²) in [5, 5.41) is 0.134. The molecule has 0 saturated heterocycles. The number of rotatable bonds is 5. The predicted molar refractivity (Wildman–Crippen MR) is 111 cm³/mol. The zero-order chi connectivity index (χ0) is 22.3. The number of halogens is 3. The molecule has 0 bridgehead atoms. The molecule has 0 radical (unpaired) electrons. The molecule has 10 heteroatoms. The molecule has 0 aliphatic carbocycles. The van der Waals surface area contributed by atoms with Gasteiger partial charge in [0.25, 0.3) is 0 Å². The van der Waals surface area contributed by atoms with Crippen molar-refractivity contribution < 1.29 is 18.3 Å². The van der Waals surface area contributed by atoms with Crippen LogP contribution in [0.15, 0.2) is 41.3 Å². The summed E-state index contributed by atoms with van der Waals surface area (Å²) >= 11 is 5.76. The number of nitrogens with zero attached hydrogens (tertiary/aromatic N) is 4. The van der Waals surface area contributed by atoms with Gasteiger partial charge in [-0.3, -0.25) is 4.57 Å². The second-order valence-corrected chi connectivity index (χ2v) is 8.17. The Hall–Kier alpha value is -3.20. The first-order chi connectivity index (χ1) is 14.6. The van der Waals surface area contributed by atoms with Crippen LogP contribution in [0.2, 0.25) is 5.15 Å². The fourth-order valence-electron chi connectivity index (χ4n) is 3.29. The largest absolute Gasteiger partial charge is 0.473 e. The monoisotopic (exact) mass is 448 g/mol. The number of likely N-dealkylation sites (N-methyl/N-ethyl adjacent to an activating group) is 1. The summed E-state index contributed by atoms with van der Waals surface area (Å²) in [6, 6.07) is 6.59. The Kier molecular flexibility index (Phi) is 5.30. The molecule has 0 amide bonds. The topological polar surface area (TPSA) is 69.5 Å². The summed E-state index contributed by atoms with van der Waals surface area (Å²) in [4.78, 5) is 22.0. The maximum Gasteiger partial charge on any atom is 0.352 e. The first-order valence-corrected chi connectivity index (χ1v) is 9.78. The number of aromatic nitrogens is 3. The summed E-state index contributed by atoms with van der Waals surface area (Å²) in [5.74, 6) is -1.49. The van der Waals surface area contributed by atoms with Gasteiger partial charge < -0.3 is 14.4 Å². The van der Waals surface area contributed by atoms with E-state index in [0.717, 1.165) is 12.1 Å². The van der Waals surface area contributed by atoms with Crippen molar-refractivity contribution in [2.24, 2.45) is 0 Å². The van der Waals surface area contributed by atoms with Crippen LogP contribution in [0.5, 0.6) is 17.4 Å². The third-order valence-corrected chi connectivity index (χ3v) is 5.33. The summed E-state index contributed by atoms with van der Waals surface area (Å²) in [5.41, 5.74) is -0.471. The molecule has 0 atom stereocenters. The van der Waals surface area contributed by atoms with Crippen LogP contribution in [0.1, 0.15) is 19.4 Å². The Bertz CT molecular complexity index is 1190. The van der Waals surface area contributed by atoms with Gasteiger partial charge in [-0.05, 0) is 37.6 Å². The van der Waals surface area contributed by atoms with Crippen molar-refractivity contribution in [3.63, 3.8) is 0 Å². The minimum absolute atomic E-state index is 0.0772. The SMILES string of the molecule is CN1c2cc(OCc3cc(F)c(Oc4ccnc(Cl)c4)c(F)c3)nc(=O)n2CC1(C)C. The highest BCUT2D eigenvalue weighted by atomic mass is 35.5. The van der Waals surface area contributed by atoms with Crippen LogP contribution in [0.3, 0.4) is 0 Å². The lowest BCUT2D eigenvalue weighted by atomic mass is 10.1. The number of anilines is 1. The van der Waals surface area contributed by atoms with Gasteiger partial charge in [0, 0.05) is 25.4 Å². The van der Waals surface area contributed by atoms with Gasteiger partial charge in [-0.2, -0.15) is 4.98 Å². The molecule has 1 aromatic carbocycles. The maximum atomic E-state index is 14.5. The summed E-state index contributed by atoms with van der Waals surface area (Å²) < 4.78 is 41.3. The molecule has 0 spiro atoms. The predicted octanol–water partition coefficient (Wildman–Crippen LogP) is 4.17. The van der Waals surface area contributed by atoms with Crippen LogP contribution in [0.4, 0.5) is 14.6 Å². The zero-order valence-electron chi connectivity index (χ0n) is 17.0. The second kappa shape index (κ2) is 7.81. The number of fused-ring (bicyclic) bond motifs is 1. The molecule has 0 unspecified atom stereocenters. The van der Waals surface area contributed by atoms with E-state index in [1.807, 2.05) is 25.8 Å². The van der Waals surface area contributed by atoms with Gasteiger partial charge in [0.2, 0.25) is 5.88 Å². The summed E-state index contributed by atoms with van der Waals surface area (Å²) in [6.45, 7) is 4.34. The number of ether oxygens (including phenoxy) is 2. The van der Waals surface area contributed by atoms with Gasteiger partial charge >= 0.3 is 5.69 Å². The van der Waals surface area contributed by atoms with Crippen molar-refractivity contribution in [1.29, 1.82) is 0 Å². The Labute approximate surface area is 181 Å². The van der Waals surface area contributed by atoms with E-state index in [0.29, 0.717) is 12.4 Å². The van der Waals surface area contributed by atoms with E-state index >= 15 is 0 Å². The van der Waals surface area contributed by atoms with Crippen molar-refractivity contribution in [3.05, 3.63) is 69.4 Å². The average Bonchev–Trinajstić information content (AvgIpc) is 2.93. The third-order valence-electron chi connectivity index (χ3n) is 5.13. The molecule has 1 aliphatic rings. The molecular weight excluding hydrogens is 430 g/mol. The van der Waals surface area contributed by atoms with Gasteiger partial charge in [-0.15, -0.1) is 0 Å². The summed E-state index contributed by atoms with van der Waals surface area (Å²) in [7, 11) is 1.88. The Balaban J connectivity index is 1.52. The summed E-state index contributed by atoms with van der Waals surface area (Å²) in [6.07, 6.45) is 1.36. The van der Waals surface area contributed by atoms with Gasteiger partial charge in [0.15, 0.2) is 17.4 Å². The molecule has 31 heavy (non-hydrogen) atoms. The van der Waals surface area contributed by atoms with Crippen molar-refractivity contribution in [2.45, 2.75) is 32.5 Å². The van der Waals surface area contributed by atoms with E-state index in [2.05, 4.69) is 9.97 Å². The van der Waals surface area contributed by atoms with Gasteiger partial charge in [-0.1, -0.05) is 11.6 Å². The van der Waals surface area contributed by atoms with E-state index < -0.39 is 23.1 Å². The average molecular weight is 449 g/mol. The van der Waals surface area contributed by atoms with Crippen LogP contribution < -0.4 is 20.1 Å². The molecule has 2 aromatic heterocycles. The number of pyridine rings is 1. The molecular formula is C21H19ClF2N4O3. The fraction of sp³-hybridized carbons (Fsp3) is 0.286. The van der Waals surface area contributed by atoms with E-state index in [1.54, 1.807) is 10.6 Å². The molecule has 3 heterocycles. The quantitative estimate of drug-likeness (QED) is 0.546. The first kappa shape index (κ1) is 21.0. The Morgan fingerprint density at radius 3 is 2.58 bits per heavy atom. The highest BCUT2D eigenvalue weighted by Gasteiger charge is 2.34. The van der Waals surface area contributed by atoms with Crippen LogP contribution in [-0.4, -0.2) is 27.1 Å².